The molecule has 1 aliphatic rings. The monoisotopic (exact) mass is 291 g/mol. The third-order valence-corrected chi connectivity index (χ3v) is 3.57. The van der Waals surface area contributed by atoms with Crippen LogP contribution in [0.1, 0.15) is 25.7 Å². The molecule has 1 heterocycles. The van der Waals surface area contributed by atoms with E-state index in [-0.39, 0.29) is 23.2 Å². The minimum atomic E-state index is 0.0361. The zero-order chi connectivity index (χ0) is 13.0. The molecular weight excluding hydrogens is 277 g/mol. The van der Waals surface area contributed by atoms with Crippen LogP contribution in [0.15, 0.2) is 0 Å². The van der Waals surface area contributed by atoms with Gasteiger partial charge in [-0.2, -0.15) is 15.0 Å². The first kappa shape index (κ1) is 13.8. The van der Waals surface area contributed by atoms with Crippen LogP contribution < -0.4 is 4.74 Å². The Morgan fingerprint density at radius 3 is 2.11 bits per heavy atom. The Bertz CT molecular complexity index is 378. The first-order chi connectivity index (χ1) is 8.67. The standard InChI is InChI=1S/C11H15Cl2N3O2/c12-9-14-10(13)16-11(15-9)18-6-8-3-1-7(5-17)2-4-8/h7-8,17H,1-6H2. The van der Waals surface area contributed by atoms with E-state index in [1.54, 1.807) is 0 Å². The molecule has 1 fully saturated rings. The second kappa shape index (κ2) is 6.50. The van der Waals surface area contributed by atoms with E-state index in [0.717, 1.165) is 25.7 Å². The Kier molecular flexibility index (Phi) is 4.97. The van der Waals surface area contributed by atoms with Crippen molar-refractivity contribution < 1.29 is 9.84 Å². The van der Waals surface area contributed by atoms with Crippen molar-refractivity contribution in [3.05, 3.63) is 10.6 Å². The molecule has 1 aromatic rings. The molecule has 0 spiro atoms. The molecule has 1 aromatic heterocycles. The highest BCUT2D eigenvalue weighted by molar-refractivity contribution is 6.31. The normalized spacial score (nSPS) is 23.9. The topological polar surface area (TPSA) is 68.1 Å². The van der Waals surface area contributed by atoms with Gasteiger partial charge in [-0.25, -0.2) is 0 Å². The Balaban J connectivity index is 1.81. The van der Waals surface area contributed by atoms with Gasteiger partial charge in [-0.3, -0.25) is 0 Å². The zero-order valence-electron chi connectivity index (χ0n) is 9.85. The summed E-state index contributed by atoms with van der Waals surface area (Å²) in [5.41, 5.74) is 0. The summed E-state index contributed by atoms with van der Waals surface area (Å²) in [7, 11) is 0. The van der Waals surface area contributed by atoms with Gasteiger partial charge in [0.25, 0.3) is 0 Å². The first-order valence-electron chi connectivity index (χ1n) is 5.98. The molecule has 0 unspecified atom stereocenters. The van der Waals surface area contributed by atoms with E-state index in [4.69, 9.17) is 33.0 Å². The Morgan fingerprint density at radius 1 is 1.00 bits per heavy atom. The van der Waals surface area contributed by atoms with Crippen LogP contribution >= 0.6 is 23.2 Å². The number of aliphatic hydroxyl groups excluding tert-OH is 1. The van der Waals surface area contributed by atoms with Crippen LogP contribution in [0.2, 0.25) is 10.6 Å². The smallest absolute Gasteiger partial charge is 0.322 e. The van der Waals surface area contributed by atoms with Crippen molar-refractivity contribution in [3.8, 4) is 6.01 Å². The number of aromatic nitrogens is 3. The van der Waals surface area contributed by atoms with Gasteiger partial charge in [0.15, 0.2) is 0 Å². The predicted octanol–water partition coefficient (Wildman–Crippen LogP) is 2.36. The van der Waals surface area contributed by atoms with Crippen LogP contribution in [0, 0.1) is 11.8 Å². The molecule has 7 heteroatoms. The molecule has 0 aromatic carbocycles. The highest BCUT2D eigenvalue weighted by Gasteiger charge is 2.21. The van der Waals surface area contributed by atoms with Gasteiger partial charge >= 0.3 is 6.01 Å². The van der Waals surface area contributed by atoms with Gasteiger partial charge in [0.05, 0.1) is 6.61 Å². The second-order valence-electron chi connectivity index (χ2n) is 4.54. The molecule has 0 bridgehead atoms. The fraction of sp³-hybridized carbons (Fsp3) is 0.727. The molecule has 0 aliphatic heterocycles. The first-order valence-corrected chi connectivity index (χ1v) is 6.73. The van der Waals surface area contributed by atoms with Gasteiger partial charge in [0, 0.05) is 6.61 Å². The Labute approximate surface area is 116 Å². The number of aliphatic hydroxyl groups is 1. The number of rotatable bonds is 4. The van der Waals surface area contributed by atoms with E-state index in [0.29, 0.717) is 18.4 Å². The Hall–Kier alpha value is -0.650. The predicted molar refractivity (Wildman–Crippen MR) is 67.9 cm³/mol. The molecule has 1 saturated carbocycles. The number of hydrogen-bond acceptors (Lipinski definition) is 5. The van der Waals surface area contributed by atoms with E-state index in [2.05, 4.69) is 15.0 Å². The molecule has 1 aliphatic carbocycles. The molecule has 0 radical (unpaired) electrons. The number of hydrogen-bond donors (Lipinski definition) is 1. The Morgan fingerprint density at radius 2 is 1.56 bits per heavy atom. The van der Waals surface area contributed by atoms with Crippen molar-refractivity contribution in [1.82, 2.24) is 15.0 Å². The average molecular weight is 292 g/mol. The maximum atomic E-state index is 9.06. The fourth-order valence-electron chi connectivity index (χ4n) is 2.15. The third-order valence-electron chi connectivity index (χ3n) is 3.23. The van der Waals surface area contributed by atoms with Crippen molar-refractivity contribution in [1.29, 1.82) is 0 Å². The summed E-state index contributed by atoms with van der Waals surface area (Å²) >= 11 is 11.3. The third kappa shape index (κ3) is 3.93. The van der Waals surface area contributed by atoms with E-state index in [9.17, 15) is 0 Å². The molecule has 1 N–H and O–H groups in total. The minimum absolute atomic E-state index is 0.0361. The summed E-state index contributed by atoms with van der Waals surface area (Å²) in [6.45, 7) is 0.834. The van der Waals surface area contributed by atoms with Crippen LogP contribution in [0.25, 0.3) is 0 Å². The van der Waals surface area contributed by atoms with Crippen LogP contribution in [0.5, 0.6) is 6.01 Å². The largest absolute Gasteiger partial charge is 0.463 e. The number of ether oxygens (including phenoxy) is 1. The van der Waals surface area contributed by atoms with Crippen molar-refractivity contribution in [2.45, 2.75) is 25.7 Å². The summed E-state index contributed by atoms with van der Waals surface area (Å²) in [5, 5.41) is 9.13. The van der Waals surface area contributed by atoms with Crippen molar-refractivity contribution in [2.24, 2.45) is 11.8 Å². The summed E-state index contributed by atoms with van der Waals surface area (Å²) in [4.78, 5) is 11.3. The minimum Gasteiger partial charge on any atom is -0.463 e. The lowest BCUT2D eigenvalue weighted by atomic mass is 9.83. The maximum Gasteiger partial charge on any atom is 0.322 e. The molecule has 0 saturated heterocycles. The SMILES string of the molecule is OCC1CCC(COc2nc(Cl)nc(Cl)n2)CC1. The summed E-state index contributed by atoms with van der Waals surface area (Å²) < 4.78 is 5.48. The van der Waals surface area contributed by atoms with E-state index in [1.165, 1.54) is 0 Å². The average Bonchev–Trinajstić information content (AvgIpc) is 2.36. The highest BCUT2D eigenvalue weighted by atomic mass is 35.5. The second-order valence-corrected chi connectivity index (χ2v) is 5.21. The van der Waals surface area contributed by atoms with Crippen molar-refractivity contribution in [2.75, 3.05) is 13.2 Å². The lowest BCUT2D eigenvalue weighted by molar-refractivity contribution is 0.135. The number of nitrogens with zero attached hydrogens (tertiary/aromatic N) is 3. The van der Waals surface area contributed by atoms with Crippen LogP contribution in [-0.4, -0.2) is 33.3 Å². The number of halogens is 2. The molecule has 100 valence electrons. The zero-order valence-corrected chi connectivity index (χ0v) is 11.4. The van der Waals surface area contributed by atoms with E-state index < -0.39 is 0 Å². The molecular formula is C11H15Cl2N3O2. The van der Waals surface area contributed by atoms with Gasteiger partial charge < -0.3 is 9.84 Å². The molecule has 0 amide bonds. The van der Waals surface area contributed by atoms with Gasteiger partial charge in [0.2, 0.25) is 10.6 Å². The fourth-order valence-corrected chi connectivity index (χ4v) is 2.49. The lowest BCUT2D eigenvalue weighted by Gasteiger charge is -2.26. The molecule has 5 nitrogen and oxygen atoms in total. The molecule has 2 rings (SSSR count). The quantitative estimate of drug-likeness (QED) is 0.922. The highest BCUT2D eigenvalue weighted by Crippen LogP contribution is 2.28. The maximum absolute atomic E-state index is 9.06. The van der Waals surface area contributed by atoms with Gasteiger partial charge in [-0.15, -0.1) is 0 Å². The van der Waals surface area contributed by atoms with E-state index in [1.807, 2.05) is 0 Å². The van der Waals surface area contributed by atoms with Gasteiger partial charge in [-0.05, 0) is 60.7 Å². The van der Waals surface area contributed by atoms with Crippen LogP contribution in [0.4, 0.5) is 0 Å². The van der Waals surface area contributed by atoms with Gasteiger partial charge in [-0.1, -0.05) is 0 Å². The summed E-state index contributed by atoms with van der Waals surface area (Å²) in [5.74, 6) is 0.921. The van der Waals surface area contributed by atoms with E-state index >= 15 is 0 Å². The van der Waals surface area contributed by atoms with Crippen molar-refractivity contribution in [3.63, 3.8) is 0 Å². The summed E-state index contributed by atoms with van der Waals surface area (Å²) in [6.07, 6.45) is 4.20. The molecule has 0 atom stereocenters. The van der Waals surface area contributed by atoms with Gasteiger partial charge in [0.1, 0.15) is 0 Å². The lowest BCUT2D eigenvalue weighted by Crippen LogP contribution is -2.22. The van der Waals surface area contributed by atoms with Crippen LogP contribution in [0.3, 0.4) is 0 Å². The van der Waals surface area contributed by atoms with Crippen molar-refractivity contribution >= 4 is 23.2 Å². The summed E-state index contributed by atoms with van der Waals surface area (Å²) in [6, 6.07) is 0.171. The van der Waals surface area contributed by atoms with Crippen LogP contribution in [-0.2, 0) is 0 Å². The molecule has 18 heavy (non-hydrogen) atoms.